The lowest BCUT2D eigenvalue weighted by Gasteiger charge is -2.18. The van der Waals surface area contributed by atoms with Gasteiger partial charge in [-0.1, -0.05) is 0 Å². The highest BCUT2D eigenvalue weighted by Crippen LogP contribution is 2.22. The summed E-state index contributed by atoms with van der Waals surface area (Å²) in [6, 6.07) is 5.41. The van der Waals surface area contributed by atoms with Crippen molar-refractivity contribution in [1.82, 2.24) is 5.32 Å². The van der Waals surface area contributed by atoms with Gasteiger partial charge in [0.25, 0.3) is 5.91 Å². The lowest BCUT2D eigenvalue weighted by Crippen LogP contribution is -2.40. The van der Waals surface area contributed by atoms with Gasteiger partial charge in [-0.3, -0.25) is 9.59 Å². The molecule has 6 heteroatoms. The zero-order valence-electron chi connectivity index (χ0n) is 10.5. The normalized spacial score (nSPS) is 15.0. The van der Waals surface area contributed by atoms with Crippen LogP contribution in [0.4, 0.5) is 5.69 Å². The van der Waals surface area contributed by atoms with Crippen LogP contribution in [0.25, 0.3) is 0 Å². The van der Waals surface area contributed by atoms with Gasteiger partial charge < -0.3 is 21.5 Å². The van der Waals surface area contributed by atoms with Gasteiger partial charge in [0, 0.05) is 17.8 Å². The Morgan fingerprint density at radius 2 is 2.26 bits per heavy atom. The molecule has 0 saturated heterocycles. The Morgan fingerprint density at radius 3 is 3.00 bits per heavy atom. The summed E-state index contributed by atoms with van der Waals surface area (Å²) in [5.41, 5.74) is 7.58. The highest BCUT2D eigenvalue weighted by molar-refractivity contribution is 5.95. The molecule has 2 amide bonds. The van der Waals surface area contributed by atoms with E-state index < -0.39 is 12.0 Å². The molecule has 1 aromatic rings. The van der Waals surface area contributed by atoms with E-state index in [0.717, 1.165) is 30.6 Å². The van der Waals surface area contributed by atoms with E-state index in [9.17, 15) is 14.7 Å². The third-order valence-electron chi connectivity index (χ3n) is 3.09. The largest absolute Gasteiger partial charge is 0.385 e. The minimum absolute atomic E-state index is 0.177. The molecular weight excluding hydrogens is 246 g/mol. The maximum absolute atomic E-state index is 11.9. The molecule has 5 N–H and O–H groups in total. The molecule has 1 aromatic carbocycles. The highest BCUT2D eigenvalue weighted by Gasteiger charge is 2.15. The molecule has 102 valence electrons. The Labute approximate surface area is 111 Å². The number of hydrogen-bond acceptors (Lipinski definition) is 4. The van der Waals surface area contributed by atoms with Gasteiger partial charge in [-0.05, 0) is 36.6 Å². The number of rotatable bonds is 4. The Hall–Kier alpha value is -2.08. The van der Waals surface area contributed by atoms with E-state index in [4.69, 9.17) is 5.73 Å². The number of hydrogen-bond donors (Lipinski definition) is 4. The number of aliphatic hydroxyl groups is 1. The summed E-state index contributed by atoms with van der Waals surface area (Å²) in [5, 5.41) is 15.0. The molecule has 19 heavy (non-hydrogen) atoms. The number of amides is 2. The van der Waals surface area contributed by atoms with Crippen molar-refractivity contribution in [2.75, 3.05) is 18.4 Å². The number of nitrogens with two attached hydrogens (primary N) is 1. The predicted octanol–water partition coefficient (Wildman–Crippen LogP) is -0.379. The minimum Gasteiger partial charge on any atom is -0.385 e. The SMILES string of the molecule is NC(=O)C(O)CNC(=O)c1ccc2c(c1)CCCN2. The van der Waals surface area contributed by atoms with Crippen LogP contribution in [0.15, 0.2) is 18.2 Å². The fraction of sp³-hybridized carbons (Fsp3) is 0.385. The average Bonchev–Trinajstić information content (AvgIpc) is 2.43. The first kappa shape index (κ1) is 13.4. The van der Waals surface area contributed by atoms with Crippen LogP contribution < -0.4 is 16.4 Å². The quantitative estimate of drug-likeness (QED) is 0.594. The van der Waals surface area contributed by atoms with E-state index >= 15 is 0 Å². The molecule has 0 fully saturated rings. The van der Waals surface area contributed by atoms with E-state index in [1.807, 2.05) is 12.1 Å². The molecule has 0 aliphatic carbocycles. The van der Waals surface area contributed by atoms with Crippen molar-refractivity contribution < 1.29 is 14.7 Å². The van der Waals surface area contributed by atoms with Gasteiger partial charge in [-0.15, -0.1) is 0 Å². The third kappa shape index (κ3) is 3.23. The summed E-state index contributed by atoms with van der Waals surface area (Å²) >= 11 is 0. The van der Waals surface area contributed by atoms with Crippen LogP contribution in [0.2, 0.25) is 0 Å². The fourth-order valence-electron chi connectivity index (χ4n) is 2.01. The maximum atomic E-state index is 11.9. The number of carbonyl (C=O) groups is 2. The number of anilines is 1. The molecular formula is C13H17N3O3. The van der Waals surface area contributed by atoms with Gasteiger partial charge in [0.15, 0.2) is 0 Å². The summed E-state index contributed by atoms with van der Waals surface area (Å²) < 4.78 is 0. The van der Waals surface area contributed by atoms with Gasteiger partial charge in [-0.2, -0.15) is 0 Å². The lowest BCUT2D eigenvalue weighted by atomic mass is 10.0. The zero-order chi connectivity index (χ0) is 13.8. The van der Waals surface area contributed by atoms with Crippen LogP contribution in [0.5, 0.6) is 0 Å². The van der Waals surface area contributed by atoms with Crippen LogP contribution in [0.1, 0.15) is 22.3 Å². The van der Waals surface area contributed by atoms with E-state index in [2.05, 4.69) is 10.6 Å². The topological polar surface area (TPSA) is 104 Å². The molecule has 0 spiro atoms. The number of fused-ring (bicyclic) bond motifs is 1. The molecule has 0 saturated carbocycles. The number of carbonyl (C=O) groups excluding carboxylic acids is 2. The number of benzene rings is 1. The van der Waals surface area contributed by atoms with Gasteiger partial charge in [-0.25, -0.2) is 0 Å². The van der Waals surface area contributed by atoms with Gasteiger partial charge in [0.1, 0.15) is 6.10 Å². The first-order valence-corrected chi connectivity index (χ1v) is 6.20. The molecule has 1 unspecified atom stereocenters. The molecule has 2 rings (SSSR count). The summed E-state index contributed by atoms with van der Waals surface area (Å²) in [6.45, 7) is 0.771. The number of primary amides is 1. The summed E-state index contributed by atoms with van der Waals surface area (Å²) in [7, 11) is 0. The lowest BCUT2D eigenvalue weighted by molar-refractivity contribution is -0.125. The van der Waals surface area contributed by atoms with Crippen molar-refractivity contribution >= 4 is 17.5 Å². The van der Waals surface area contributed by atoms with Crippen molar-refractivity contribution in [2.24, 2.45) is 5.73 Å². The van der Waals surface area contributed by atoms with Gasteiger partial charge in [0.05, 0.1) is 6.54 Å². The summed E-state index contributed by atoms with van der Waals surface area (Å²) in [6.07, 6.45) is 0.620. The number of aryl methyl sites for hydroxylation is 1. The standard InChI is InChI=1S/C13H17N3O3/c14-12(18)11(17)7-16-13(19)9-3-4-10-8(6-9)2-1-5-15-10/h3-4,6,11,15,17H,1-2,5,7H2,(H2,14,18)(H,16,19). The summed E-state index contributed by atoms with van der Waals surface area (Å²) in [5.74, 6) is -1.18. The average molecular weight is 263 g/mol. The van der Waals surface area contributed by atoms with Crippen LogP contribution in [-0.2, 0) is 11.2 Å². The fourth-order valence-corrected chi connectivity index (χ4v) is 2.01. The Bertz CT molecular complexity index is 502. The van der Waals surface area contributed by atoms with Crippen LogP contribution >= 0.6 is 0 Å². The number of nitrogens with one attached hydrogen (secondary N) is 2. The zero-order valence-corrected chi connectivity index (χ0v) is 10.5. The smallest absolute Gasteiger partial charge is 0.251 e. The molecule has 6 nitrogen and oxygen atoms in total. The van der Waals surface area contributed by atoms with Crippen molar-refractivity contribution in [3.8, 4) is 0 Å². The van der Waals surface area contributed by atoms with Crippen molar-refractivity contribution in [3.05, 3.63) is 29.3 Å². The maximum Gasteiger partial charge on any atom is 0.251 e. The molecule has 1 atom stereocenters. The molecule has 0 radical (unpaired) electrons. The molecule has 0 bridgehead atoms. The van der Waals surface area contributed by atoms with Gasteiger partial charge in [0.2, 0.25) is 5.91 Å². The van der Waals surface area contributed by atoms with Gasteiger partial charge >= 0.3 is 0 Å². The Kier molecular flexibility index (Phi) is 4.01. The van der Waals surface area contributed by atoms with Crippen molar-refractivity contribution in [1.29, 1.82) is 0 Å². The van der Waals surface area contributed by atoms with E-state index in [1.165, 1.54) is 0 Å². The van der Waals surface area contributed by atoms with Crippen LogP contribution in [0.3, 0.4) is 0 Å². The molecule has 1 aliphatic heterocycles. The Morgan fingerprint density at radius 1 is 1.47 bits per heavy atom. The summed E-state index contributed by atoms with van der Waals surface area (Å²) in [4.78, 5) is 22.5. The second-order valence-corrected chi connectivity index (χ2v) is 4.53. The number of aliphatic hydroxyl groups excluding tert-OH is 1. The Balaban J connectivity index is 2.01. The van der Waals surface area contributed by atoms with Crippen LogP contribution in [0, 0.1) is 0 Å². The minimum atomic E-state index is -1.36. The highest BCUT2D eigenvalue weighted by atomic mass is 16.3. The monoisotopic (exact) mass is 263 g/mol. The van der Waals surface area contributed by atoms with E-state index in [-0.39, 0.29) is 12.5 Å². The second kappa shape index (κ2) is 5.71. The molecule has 0 aromatic heterocycles. The molecule has 1 heterocycles. The van der Waals surface area contributed by atoms with Crippen molar-refractivity contribution in [2.45, 2.75) is 18.9 Å². The van der Waals surface area contributed by atoms with E-state index in [0.29, 0.717) is 5.56 Å². The van der Waals surface area contributed by atoms with Crippen molar-refractivity contribution in [3.63, 3.8) is 0 Å². The first-order valence-electron chi connectivity index (χ1n) is 6.20. The van der Waals surface area contributed by atoms with E-state index in [1.54, 1.807) is 6.07 Å². The third-order valence-corrected chi connectivity index (χ3v) is 3.09. The van der Waals surface area contributed by atoms with Crippen LogP contribution in [-0.4, -0.2) is 36.1 Å². The second-order valence-electron chi connectivity index (χ2n) is 4.53. The predicted molar refractivity (Wildman–Crippen MR) is 70.8 cm³/mol. The molecule has 1 aliphatic rings. The first-order chi connectivity index (χ1) is 9.08.